The molecule has 8 heteroatoms. The van der Waals surface area contributed by atoms with Gasteiger partial charge in [-0.05, 0) is 42.7 Å². The first kappa shape index (κ1) is 22.5. The van der Waals surface area contributed by atoms with Crippen LogP contribution in [0.4, 0.5) is 5.69 Å². The van der Waals surface area contributed by atoms with Crippen LogP contribution in [0.1, 0.15) is 50.9 Å². The summed E-state index contributed by atoms with van der Waals surface area (Å²) in [7, 11) is -3.64. The minimum Gasteiger partial charge on any atom is -0.506 e. The van der Waals surface area contributed by atoms with Gasteiger partial charge < -0.3 is 28.9 Å². The van der Waals surface area contributed by atoms with Crippen molar-refractivity contribution in [1.82, 2.24) is 0 Å². The van der Waals surface area contributed by atoms with Crippen LogP contribution in [-0.2, 0) is 13.6 Å². The summed E-state index contributed by atoms with van der Waals surface area (Å²) in [5, 5.41) is 13.5. The normalized spacial score (nSPS) is 13.9. The van der Waals surface area contributed by atoms with E-state index < -0.39 is 13.4 Å². The van der Waals surface area contributed by atoms with Crippen LogP contribution in [0.2, 0.25) is 0 Å². The summed E-state index contributed by atoms with van der Waals surface area (Å²) in [6.07, 6.45) is 3.37. The molecule has 2 N–H and O–H groups in total. The van der Waals surface area contributed by atoms with Gasteiger partial charge in [-0.15, -0.1) is 0 Å². The van der Waals surface area contributed by atoms with Crippen LogP contribution in [0.3, 0.4) is 0 Å². The van der Waals surface area contributed by atoms with E-state index in [1.54, 1.807) is 36.4 Å². The van der Waals surface area contributed by atoms with Gasteiger partial charge in [-0.2, -0.15) is 0 Å². The molecule has 2 aromatic rings. The van der Waals surface area contributed by atoms with Gasteiger partial charge >= 0.3 is 7.60 Å². The molecular formula is C22H30NO6P. The molecular weight excluding hydrogens is 405 g/mol. The number of ether oxygens (including phenoxy) is 2. The van der Waals surface area contributed by atoms with Gasteiger partial charge in [-0.3, -0.25) is 4.57 Å². The Hall–Kier alpha value is -2.21. The van der Waals surface area contributed by atoms with Crippen LogP contribution in [0.25, 0.3) is 0 Å². The summed E-state index contributed by atoms with van der Waals surface area (Å²) < 4.78 is 36.7. The minimum atomic E-state index is -3.64. The summed E-state index contributed by atoms with van der Waals surface area (Å²) >= 11 is 0. The van der Waals surface area contributed by atoms with Crippen molar-refractivity contribution >= 4 is 13.3 Å². The quantitative estimate of drug-likeness (QED) is 0.238. The third-order valence-electron chi connectivity index (χ3n) is 4.76. The second-order valence-corrected chi connectivity index (χ2v) is 9.20. The number of nitrogens with one attached hydrogen (secondary N) is 1. The molecule has 0 aliphatic carbocycles. The molecule has 0 saturated carbocycles. The first-order chi connectivity index (χ1) is 14.6. The highest BCUT2D eigenvalue weighted by atomic mass is 31.2. The maximum absolute atomic E-state index is 14.0. The fourth-order valence-corrected chi connectivity index (χ4v) is 4.99. The molecule has 2 aromatic carbocycles. The van der Waals surface area contributed by atoms with Gasteiger partial charge in [-0.25, -0.2) is 0 Å². The summed E-state index contributed by atoms with van der Waals surface area (Å²) in [6, 6.07) is 12.2. The molecule has 0 saturated heterocycles. The minimum absolute atomic E-state index is 0.0527. The van der Waals surface area contributed by atoms with Crippen molar-refractivity contribution in [2.24, 2.45) is 0 Å². The Morgan fingerprint density at radius 2 is 1.70 bits per heavy atom. The van der Waals surface area contributed by atoms with Gasteiger partial charge in [0.25, 0.3) is 0 Å². The predicted octanol–water partition coefficient (Wildman–Crippen LogP) is 6.06. The molecule has 1 atom stereocenters. The van der Waals surface area contributed by atoms with E-state index in [9.17, 15) is 9.67 Å². The van der Waals surface area contributed by atoms with Gasteiger partial charge in [0, 0.05) is 0 Å². The number of hydrogen-bond donors (Lipinski definition) is 2. The van der Waals surface area contributed by atoms with Crippen molar-refractivity contribution in [3.05, 3.63) is 48.0 Å². The predicted molar refractivity (Wildman–Crippen MR) is 116 cm³/mol. The average molecular weight is 435 g/mol. The fourth-order valence-electron chi connectivity index (χ4n) is 3.03. The van der Waals surface area contributed by atoms with Crippen molar-refractivity contribution in [3.8, 4) is 17.2 Å². The van der Waals surface area contributed by atoms with E-state index in [0.29, 0.717) is 36.0 Å². The molecule has 164 valence electrons. The highest BCUT2D eigenvalue weighted by molar-refractivity contribution is 7.54. The number of unbranched alkanes of at least 4 members (excludes halogenated alkanes) is 2. The lowest BCUT2D eigenvalue weighted by atomic mass is 10.2. The third-order valence-corrected chi connectivity index (χ3v) is 6.91. The van der Waals surface area contributed by atoms with E-state index in [1.807, 2.05) is 19.9 Å². The Morgan fingerprint density at radius 3 is 2.37 bits per heavy atom. The standard InChI is InChI=1S/C22H30NO6P/c1-3-5-13-28-30(25,29-14-6-4-2)22(23-18-9-7-8-10-19(18)24)17-11-12-20-21(15-17)27-16-26-20/h7-12,15,22-24H,3-6,13-14,16H2,1-2H3. The van der Waals surface area contributed by atoms with Crippen molar-refractivity contribution in [2.45, 2.75) is 45.3 Å². The highest BCUT2D eigenvalue weighted by Crippen LogP contribution is 2.62. The van der Waals surface area contributed by atoms with Crippen molar-refractivity contribution in [1.29, 1.82) is 0 Å². The number of aromatic hydroxyl groups is 1. The Morgan fingerprint density at radius 1 is 1.03 bits per heavy atom. The summed E-state index contributed by atoms with van der Waals surface area (Å²) in [5.74, 6) is 0.435. The molecule has 0 spiro atoms. The van der Waals surface area contributed by atoms with E-state index >= 15 is 0 Å². The number of para-hydroxylation sites is 2. The van der Waals surface area contributed by atoms with E-state index in [-0.39, 0.29) is 12.5 Å². The molecule has 0 amide bonds. The van der Waals surface area contributed by atoms with Crippen molar-refractivity contribution in [3.63, 3.8) is 0 Å². The summed E-state index contributed by atoms with van der Waals surface area (Å²) in [6.45, 7) is 4.88. The zero-order valence-corrected chi connectivity index (χ0v) is 18.4. The van der Waals surface area contributed by atoms with Crippen LogP contribution < -0.4 is 14.8 Å². The zero-order chi connectivity index (χ0) is 21.4. The Kier molecular flexibility index (Phi) is 8.02. The molecule has 30 heavy (non-hydrogen) atoms. The lowest BCUT2D eigenvalue weighted by molar-refractivity contribution is 0.174. The molecule has 1 unspecified atom stereocenters. The first-order valence-electron chi connectivity index (χ1n) is 10.4. The summed E-state index contributed by atoms with van der Waals surface area (Å²) in [4.78, 5) is 0. The van der Waals surface area contributed by atoms with Gasteiger partial charge in [0.05, 0.1) is 18.9 Å². The zero-order valence-electron chi connectivity index (χ0n) is 17.5. The average Bonchev–Trinajstić information content (AvgIpc) is 3.21. The monoisotopic (exact) mass is 435 g/mol. The van der Waals surface area contributed by atoms with E-state index in [2.05, 4.69) is 5.32 Å². The molecule has 0 radical (unpaired) electrons. The SMILES string of the molecule is CCCCOP(=O)(OCCCC)C(Nc1ccccc1O)c1ccc2c(c1)OCO2. The third kappa shape index (κ3) is 5.48. The second kappa shape index (κ2) is 10.7. The van der Waals surface area contributed by atoms with E-state index in [4.69, 9.17) is 18.5 Å². The molecule has 1 aliphatic heterocycles. The van der Waals surface area contributed by atoms with Crippen molar-refractivity contribution < 1.29 is 28.2 Å². The van der Waals surface area contributed by atoms with Gasteiger partial charge in [0.15, 0.2) is 17.3 Å². The van der Waals surface area contributed by atoms with Gasteiger partial charge in [-0.1, -0.05) is 44.9 Å². The van der Waals surface area contributed by atoms with Crippen LogP contribution in [0.5, 0.6) is 17.2 Å². The Labute approximate surface area is 177 Å². The molecule has 7 nitrogen and oxygen atoms in total. The smallest absolute Gasteiger partial charge is 0.357 e. The second-order valence-electron chi connectivity index (χ2n) is 7.09. The number of phenols is 1. The highest BCUT2D eigenvalue weighted by Gasteiger charge is 2.38. The molecule has 0 bridgehead atoms. The molecule has 1 heterocycles. The number of fused-ring (bicyclic) bond motifs is 1. The Balaban J connectivity index is 1.98. The number of phenolic OH excluding ortho intramolecular Hbond substituents is 1. The van der Waals surface area contributed by atoms with Gasteiger partial charge in [0.2, 0.25) is 6.79 Å². The van der Waals surface area contributed by atoms with Gasteiger partial charge in [0.1, 0.15) is 5.75 Å². The van der Waals surface area contributed by atoms with Crippen LogP contribution in [-0.4, -0.2) is 25.1 Å². The topological polar surface area (TPSA) is 86.3 Å². The molecule has 1 aliphatic rings. The fraction of sp³-hybridized carbons (Fsp3) is 0.455. The molecule has 0 fully saturated rings. The number of benzene rings is 2. The lowest BCUT2D eigenvalue weighted by Gasteiger charge is -2.29. The Bertz CT molecular complexity index is 860. The first-order valence-corrected chi connectivity index (χ1v) is 12.0. The number of anilines is 1. The van der Waals surface area contributed by atoms with Crippen molar-refractivity contribution in [2.75, 3.05) is 25.3 Å². The number of hydrogen-bond acceptors (Lipinski definition) is 7. The largest absolute Gasteiger partial charge is 0.506 e. The number of rotatable bonds is 12. The molecule has 0 aromatic heterocycles. The van der Waals surface area contributed by atoms with Crippen LogP contribution >= 0.6 is 7.60 Å². The van der Waals surface area contributed by atoms with E-state index in [1.165, 1.54) is 0 Å². The van der Waals surface area contributed by atoms with Crippen LogP contribution in [0, 0.1) is 0 Å². The lowest BCUT2D eigenvalue weighted by Crippen LogP contribution is -2.16. The maximum Gasteiger partial charge on any atom is 0.357 e. The molecule has 3 rings (SSSR count). The van der Waals surface area contributed by atoms with E-state index in [0.717, 1.165) is 25.7 Å². The van der Waals surface area contributed by atoms with Crippen LogP contribution in [0.15, 0.2) is 42.5 Å². The maximum atomic E-state index is 14.0. The summed E-state index contributed by atoms with van der Waals surface area (Å²) in [5.41, 5.74) is 1.11.